The first-order chi connectivity index (χ1) is 7.66. The molecule has 3 fully saturated rings. The molecule has 2 atom stereocenters. The van der Waals surface area contributed by atoms with Crippen LogP contribution in [0.2, 0.25) is 0 Å². The topological polar surface area (TPSA) is 52.6 Å². The Hall–Kier alpha value is -1.06. The Balaban J connectivity index is 1.99. The lowest BCUT2D eigenvalue weighted by atomic mass is 9.52. The van der Waals surface area contributed by atoms with E-state index in [1.165, 1.54) is 0 Å². The van der Waals surface area contributed by atoms with Crippen LogP contribution >= 0.6 is 0 Å². The second kappa shape index (κ2) is 3.22. The minimum absolute atomic E-state index is 0.117. The van der Waals surface area contributed by atoms with Gasteiger partial charge in [-0.3, -0.25) is 9.59 Å². The van der Waals surface area contributed by atoms with Gasteiger partial charge < -0.3 is 9.47 Å². The minimum atomic E-state index is -0.129. The molecular formula is C12H16O4. The van der Waals surface area contributed by atoms with Gasteiger partial charge in [0, 0.05) is 10.8 Å². The van der Waals surface area contributed by atoms with Crippen LogP contribution in [0.1, 0.15) is 38.5 Å². The fourth-order valence-corrected chi connectivity index (χ4v) is 3.65. The fraction of sp³-hybridized carbons (Fsp3) is 0.833. The lowest BCUT2D eigenvalue weighted by Crippen LogP contribution is -2.59. The maximum absolute atomic E-state index is 11.5. The molecule has 0 amide bonds. The zero-order valence-corrected chi connectivity index (χ0v) is 9.29. The second-order valence-corrected chi connectivity index (χ2v) is 5.44. The molecule has 3 rings (SSSR count). The Morgan fingerprint density at radius 2 is 1.25 bits per heavy atom. The first-order valence-electron chi connectivity index (χ1n) is 5.97. The van der Waals surface area contributed by atoms with E-state index in [0.29, 0.717) is 26.1 Å². The highest BCUT2D eigenvalue weighted by Gasteiger charge is 2.60. The highest BCUT2D eigenvalue weighted by molar-refractivity contribution is 5.75. The molecule has 4 nitrogen and oxygen atoms in total. The van der Waals surface area contributed by atoms with Gasteiger partial charge in [0.2, 0.25) is 0 Å². The molecule has 0 aromatic heterocycles. The maximum Gasteiger partial charge on any atom is 0.306 e. The third-order valence-electron chi connectivity index (χ3n) is 4.67. The molecule has 2 saturated heterocycles. The van der Waals surface area contributed by atoms with Crippen molar-refractivity contribution in [1.82, 2.24) is 0 Å². The highest BCUT2D eigenvalue weighted by atomic mass is 16.5. The number of carbonyl (C=O) groups is 2. The van der Waals surface area contributed by atoms with E-state index in [-0.39, 0.29) is 22.8 Å². The summed E-state index contributed by atoms with van der Waals surface area (Å²) in [5.41, 5.74) is -0.233. The molecule has 0 spiro atoms. The van der Waals surface area contributed by atoms with Crippen LogP contribution < -0.4 is 0 Å². The van der Waals surface area contributed by atoms with E-state index in [2.05, 4.69) is 0 Å². The van der Waals surface area contributed by atoms with Crippen LogP contribution in [0, 0.1) is 10.8 Å². The van der Waals surface area contributed by atoms with Gasteiger partial charge in [-0.2, -0.15) is 0 Å². The molecular weight excluding hydrogens is 208 g/mol. The Morgan fingerprint density at radius 1 is 0.812 bits per heavy atom. The van der Waals surface area contributed by atoms with Gasteiger partial charge in [0.05, 0.1) is 26.1 Å². The molecule has 2 aliphatic heterocycles. The summed E-state index contributed by atoms with van der Waals surface area (Å²) in [5.74, 6) is -0.258. The van der Waals surface area contributed by atoms with Crippen LogP contribution in [-0.4, -0.2) is 25.2 Å². The predicted octanol–water partition coefficient (Wildman–Crippen LogP) is 1.43. The third-order valence-corrected chi connectivity index (χ3v) is 4.67. The van der Waals surface area contributed by atoms with E-state index in [0.717, 1.165) is 25.7 Å². The van der Waals surface area contributed by atoms with E-state index in [1.54, 1.807) is 0 Å². The normalized spacial score (nSPS) is 42.8. The molecule has 4 heteroatoms. The monoisotopic (exact) mass is 224 g/mol. The van der Waals surface area contributed by atoms with Crippen molar-refractivity contribution in [2.45, 2.75) is 38.5 Å². The molecule has 0 aromatic carbocycles. The van der Waals surface area contributed by atoms with Crippen LogP contribution in [0.3, 0.4) is 0 Å². The summed E-state index contributed by atoms with van der Waals surface area (Å²) in [7, 11) is 0. The average Bonchev–Trinajstić information content (AvgIpc) is 2.27. The van der Waals surface area contributed by atoms with E-state index in [1.807, 2.05) is 0 Å². The first-order valence-corrected chi connectivity index (χ1v) is 5.97. The molecule has 0 bridgehead atoms. The Labute approximate surface area is 94.3 Å². The van der Waals surface area contributed by atoms with E-state index >= 15 is 0 Å². The van der Waals surface area contributed by atoms with Crippen molar-refractivity contribution in [3.8, 4) is 0 Å². The zero-order valence-electron chi connectivity index (χ0n) is 9.29. The summed E-state index contributed by atoms with van der Waals surface area (Å²) >= 11 is 0. The summed E-state index contributed by atoms with van der Waals surface area (Å²) in [4.78, 5) is 23.0. The molecule has 0 radical (unpaired) electrons. The SMILES string of the molecule is O=C1CC23CCCCC2(CO1)CC(=O)OC3. The van der Waals surface area contributed by atoms with Gasteiger partial charge in [-0.25, -0.2) is 0 Å². The summed E-state index contributed by atoms with van der Waals surface area (Å²) in [6, 6.07) is 0. The van der Waals surface area contributed by atoms with Gasteiger partial charge in [0.15, 0.2) is 0 Å². The van der Waals surface area contributed by atoms with Gasteiger partial charge in [-0.1, -0.05) is 12.8 Å². The molecule has 3 aliphatic rings. The lowest BCUT2D eigenvalue weighted by molar-refractivity contribution is -0.212. The smallest absolute Gasteiger partial charge is 0.306 e. The van der Waals surface area contributed by atoms with Crippen molar-refractivity contribution >= 4 is 11.9 Å². The summed E-state index contributed by atoms with van der Waals surface area (Å²) in [6.07, 6.45) is 5.12. The van der Waals surface area contributed by atoms with Gasteiger partial charge in [0.1, 0.15) is 0 Å². The fourth-order valence-electron chi connectivity index (χ4n) is 3.65. The minimum Gasteiger partial charge on any atom is -0.465 e. The van der Waals surface area contributed by atoms with Crippen LogP contribution in [0.15, 0.2) is 0 Å². The largest absolute Gasteiger partial charge is 0.465 e. The molecule has 2 unspecified atom stereocenters. The van der Waals surface area contributed by atoms with Crippen LogP contribution in [0.5, 0.6) is 0 Å². The molecule has 88 valence electrons. The van der Waals surface area contributed by atoms with Gasteiger partial charge in [-0.05, 0) is 12.8 Å². The molecule has 2 heterocycles. The standard InChI is InChI=1S/C12H16O4/c13-9-5-11-3-1-2-4-12(11,8-16-9)6-10(14)15-7-11/h1-8H2. The quantitative estimate of drug-likeness (QED) is 0.584. The Bertz CT molecular complexity index is 317. The van der Waals surface area contributed by atoms with Gasteiger partial charge in [0.25, 0.3) is 0 Å². The van der Waals surface area contributed by atoms with E-state index < -0.39 is 0 Å². The van der Waals surface area contributed by atoms with E-state index in [9.17, 15) is 9.59 Å². The van der Waals surface area contributed by atoms with Crippen LogP contribution in [0.25, 0.3) is 0 Å². The van der Waals surface area contributed by atoms with Crippen LogP contribution in [0.4, 0.5) is 0 Å². The molecule has 1 saturated carbocycles. The van der Waals surface area contributed by atoms with Gasteiger partial charge >= 0.3 is 11.9 Å². The van der Waals surface area contributed by atoms with Crippen molar-refractivity contribution in [2.75, 3.05) is 13.2 Å². The van der Waals surface area contributed by atoms with Crippen molar-refractivity contribution in [3.05, 3.63) is 0 Å². The predicted molar refractivity (Wildman–Crippen MR) is 54.5 cm³/mol. The Kier molecular flexibility index (Phi) is 2.03. The number of esters is 2. The number of rotatable bonds is 0. The molecule has 1 aliphatic carbocycles. The average molecular weight is 224 g/mol. The third kappa shape index (κ3) is 1.22. The second-order valence-electron chi connectivity index (χ2n) is 5.44. The molecule has 0 N–H and O–H groups in total. The van der Waals surface area contributed by atoms with Crippen molar-refractivity contribution in [1.29, 1.82) is 0 Å². The number of carbonyl (C=O) groups excluding carboxylic acids is 2. The van der Waals surface area contributed by atoms with Crippen LogP contribution in [-0.2, 0) is 19.1 Å². The maximum atomic E-state index is 11.5. The number of hydrogen-bond acceptors (Lipinski definition) is 4. The summed E-state index contributed by atoms with van der Waals surface area (Å²) in [5, 5.41) is 0. The first kappa shape index (κ1) is 10.1. The molecule has 16 heavy (non-hydrogen) atoms. The highest BCUT2D eigenvalue weighted by Crippen LogP contribution is 2.59. The van der Waals surface area contributed by atoms with E-state index in [4.69, 9.17) is 9.47 Å². The van der Waals surface area contributed by atoms with Crippen molar-refractivity contribution in [2.24, 2.45) is 10.8 Å². The van der Waals surface area contributed by atoms with Crippen molar-refractivity contribution in [3.63, 3.8) is 0 Å². The number of cyclic esters (lactones) is 2. The number of hydrogen-bond donors (Lipinski definition) is 0. The van der Waals surface area contributed by atoms with Crippen molar-refractivity contribution < 1.29 is 19.1 Å². The zero-order chi connectivity index (χ0) is 11.2. The lowest BCUT2D eigenvalue weighted by Gasteiger charge is -2.56. The Morgan fingerprint density at radius 3 is 1.69 bits per heavy atom. The van der Waals surface area contributed by atoms with Gasteiger partial charge in [-0.15, -0.1) is 0 Å². The summed E-state index contributed by atoms with van der Waals surface area (Å²) in [6.45, 7) is 0.835. The number of ether oxygens (including phenoxy) is 2. The molecule has 0 aromatic rings. The summed E-state index contributed by atoms with van der Waals surface area (Å²) < 4.78 is 10.4.